The molecule has 2 aromatic rings. The third kappa shape index (κ3) is 4.99. The maximum atomic E-state index is 13.0. The number of aromatic nitrogens is 1. The number of amides is 3. The van der Waals surface area contributed by atoms with Crippen molar-refractivity contribution in [1.82, 2.24) is 15.2 Å². The Balaban J connectivity index is 1.35. The Morgan fingerprint density at radius 1 is 1.03 bits per heavy atom. The second-order valence-corrected chi connectivity index (χ2v) is 7.86. The standard InChI is InChI=1S/C22H27N5O4/c1-15(2)24-22(29)25-17-5-7-20(23-13-17)26-8-3-9-27(11-10-26)21(28)16-4-6-18-19(12-16)31-14-30-18/h4-7,12-13,15H,3,8-11,14H2,1-2H3,(H2,24,25,29). The lowest BCUT2D eigenvalue weighted by Crippen LogP contribution is -2.35. The van der Waals surface area contributed by atoms with Gasteiger partial charge < -0.3 is 29.9 Å². The molecule has 0 saturated carbocycles. The van der Waals surface area contributed by atoms with Crippen molar-refractivity contribution >= 4 is 23.4 Å². The van der Waals surface area contributed by atoms with E-state index in [4.69, 9.17) is 9.47 Å². The molecule has 164 valence electrons. The lowest BCUT2D eigenvalue weighted by Gasteiger charge is -2.23. The summed E-state index contributed by atoms with van der Waals surface area (Å²) < 4.78 is 10.7. The van der Waals surface area contributed by atoms with Crippen LogP contribution in [0.5, 0.6) is 11.5 Å². The zero-order valence-corrected chi connectivity index (χ0v) is 17.8. The van der Waals surface area contributed by atoms with E-state index in [1.807, 2.05) is 30.9 Å². The van der Waals surface area contributed by atoms with Gasteiger partial charge >= 0.3 is 6.03 Å². The highest BCUT2D eigenvalue weighted by Crippen LogP contribution is 2.33. The molecular weight excluding hydrogens is 398 g/mol. The van der Waals surface area contributed by atoms with Crippen LogP contribution < -0.4 is 25.0 Å². The van der Waals surface area contributed by atoms with Crippen LogP contribution >= 0.6 is 0 Å². The summed E-state index contributed by atoms with van der Waals surface area (Å²) in [6, 6.07) is 8.84. The van der Waals surface area contributed by atoms with E-state index in [1.54, 1.807) is 24.4 Å². The molecule has 9 heteroatoms. The van der Waals surface area contributed by atoms with Crippen LogP contribution in [0, 0.1) is 0 Å². The Morgan fingerprint density at radius 3 is 2.65 bits per heavy atom. The zero-order chi connectivity index (χ0) is 21.8. The third-order valence-corrected chi connectivity index (χ3v) is 5.15. The predicted octanol–water partition coefficient (Wildman–Crippen LogP) is 2.69. The number of pyridine rings is 1. The van der Waals surface area contributed by atoms with Gasteiger partial charge in [-0.2, -0.15) is 0 Å². The first kappa shape index (κ1) is 20.8. The minimum absolute atomic E-state index is 0.0103. The van der Waals surface area contributed by atoms with Crippen molar-refractivity contribution in [3.8, 4) is 11.5 Å². The molecule has 0 atom stereocenters. The van der Waals surface area contributed by atoms with Gasteiger partial charge in [-0.1, -0.05) is 0 Å². The molecular formula is C22H27N5O4. The first-order chi connectivity index (χ1) is 15.0. The summed E-state index contributed by atoms with van der Waals surface area (Å²) in [6.07, 6.45) is 2.49. The van der Waals surface area contributed by atoms with Gasteiger partial charge in [0.05, 0.1) is 11.9 Å². The Kier molecular flexibility index (Phi) is 6.11. The van der Waals surface area contributed by atoms with E-state index in [2.05, 4.69) is 20.5 Å². The highest BCUT2D eigenvalue weighted by molar-refractivity contribution is 5.95. The Hall–Kier alpha value is -3.49. The summed E-state index contributed by atoms with van der Waals surface area (Å²) in [6.45, 7) is 6.77. The van der Waals surface area contributed by atoms with Gasteiger partial charge in [-0.3, -0.25) is 4.79 Å². The second kappa shape index (κ2) is 9.11. The Morgan fingerprint density at radius 2 is 1.87 bits per heavy atom. The van der Waals surface area contributed by atoms with Crippen molar-refractivity contribution in [3.05, 3.63) is 42.1 Å². The molecule has 1 aromatic carbocycles. The van der Waals surface area contributed by atoms with Gasteiger partial charge in [0.2, 0.25) is 6.79 Å². The van der Waals surface area contributed by atoms with Crippen LogP contribution in [-0.2, 0) is 0 Å². The lowest BCUT2D eigenvalue weighted by molar-refractivity contribution is 0.0766. The van der Waals surface area contributed by atoms with Crippen LogP contribution in [0.25, 0.3) is 0 Å². The average Bonchev–Trinajstić information content (AvgIpc) is 3.08. The van der Waals surface area contributed by atoms with Crippen molar-refractivity contribution in [2.75, 3.05) is 43.2 Å². The van der Waals surface area contributed by atoms with Crippen molar-refractivity contribution < 1.29 is 19.1 Å². The van der Waals surface area contributed by atoms with E-state index in [1.165, 1.54) is 0 Å². The topological polar surface area (TPSA) is 96.0 Å². The summed E-state index contributed by atoms with van der Waals surface area (Å²) in [5, 5.41) is 5.55. The van der Waals surface area contributed by atoms with Gasteiger partial charge in [0.25, 0.3) is 5.91 Å². The van der Waals surface area contributed by atoms with E-state index in [9.17, 15) is 9.59 Å². The average molecular weight is 425 g/mol. The Labute approximate surface area is 181 Å². The number of hydrogen-bond donors (Lipinski definition) is 2. The summed E-state index contributed by atoms with van der Waals surface area (Å²) in [7, 11) is 0. The first-order valence-electron chi connectivity index (χ1n) is 10.5. The zero-order valence-electron chi connectivity index (χ0n) is 17.8. The smallest absolute Gasteiger partial charge is 0.319 e. The number of carbonyl (C=O) groups excluding carboxylic acids is 2. The number of hydrogen-bond acceptors (Lipinski definition) is 6. The van der Waals surface area contributed by atoms with Crippen LogP contribution in [0.3, 0.4) is 0 Å². The molecule has 0 spiro atoms. The van der Waals surface area contributed by atoms with Gasteiger partial charge in [0.1, 0.15) is 5.82 Å². The molecule has 3 amide bonds. The maximum absolute atomic E-state index is 13.0. The second-order valence-electron chi connectivity index (χ2n) is 7.86. The molecule has 4 rings (SSSR count). The van der Waals surface area contributed by atoms with E-state index < -0.39 is 0 Å². The number of carbonyl (C=O) groups is 2. The van der Waals surface area contributed by atoms with Gasteiger partial charge in [-0.15, -0.1) is 0 Å². The molecule has 1 fully saturated rings. The number of anilines is 2. The molecule has 2 aliphatic heterocycles. The largest absolute Gasteiger partial charge is 0.454 e. The van der Waals surface area contributed by atoms with Crippen LogP contribution in [-0.4, -0.2) is 60.8 Å². The van der Waals surface area contributed by atoms with Gasteiger partial charge in [0, 0.05) is 37.8 Å². The maximum Gasteiger partial charge on any atom is 0.319 e. The number of nitrogens with one attached hydrogen (secondary N) is 2. The van der Waals surface area contributed by atoms with Crippen molar-refractivity contribution in [3.63, 3.8) is 0 Å². The van der Waals surface area contributed by atoms with Crippen molar-refractivity contribution in [1.29, 1.82) is 0 Å². The number of ether oxygens (including phenoxy) is 2. The molecule has 1 aromatic heterocycles. The summed E-state index contributed by atoms with van der Waals surface area (Å²) in [5.41, 5.74) is 1.24. The third-order valence-electron chi connectivity index (χ3n) is 5.15. The summed E-state index contributed by atoms with van der Waals surface area (Å²) in [5.74, 6) is 2.10. The normalized spacial score (nSPS) is 15.6. The molecule has 2 aliphatic rings. The fourth-order valence-electron chi connectivity index (χ4n) is 3.64. The molecule has 0 bridgehead atoms. The number of urea groups is 1. The fourth-order valence-corrected chi connectivity index (χ4v) is 3.64. The Bertz CT molecular complexity index is 947. The lowest BCUT2D eigenvalue weighted by atomic mass is 10.1. The van der Waals surface area contributed by atoms with Crippen LogP contribution in [0.2, 0.25) is 0 Å². The molecule has 3 heterocycles. The monoisotopic (exact) mass is 425 g/mol. The van der Waals surface area contributed by atoms with Crippen molar-refractivity contribution in [2.45, 2.75) is 26.3 Å². The van der Waals surface area contributed by atoms with Crippen LogP contribution in [0.4, 0.5) is 16.3 Å². The van der Waals surface area contributed by atoms with Crippen molar-refractivity contribution in [2.24, 2.45) is 0 Å². The molecule has 9 nitrogen and oxygen atoms in total. The number of benzene rings is 1. The number of fused-ring (bicyclic) bond motifs is 1. The number of rotatable bonds is 4. The quantitative estimate of drug-likeness (QED) is 0.782. The van der Waals surface area contributed by atoms with E-state index >= 15 is 0 Å². The summed E-state index contributed by atoms with van der Waals surface area (Å²) in [4.78, 5) is 33.3. The van der Waals surface area contributed by atoms with E-state index in [0.29, 0.717) is 42.4 Å². The first-order valence-corrected chi connectivity index (χ1v) is 10.5. The minimum Gasteiger partial charge on any atom is -0.454 e. The van der Waals surface area contributed by atoms with Gasteiger partial charge in [-0.05, 0) is 50.6 Å². The van der Waals surface area contributed by atoms with E-state index in [-0.39, 0.29) is 24.8 Å². The molecule has 0 unspecified atom stereocenters. The molecule has 0 radical (unpaired) electrons. The van der Waals surface area contributed by atoms with Gasteiger partial charge in [0.15, 0.2) is 11.5 Å². The molecule has 1 saturated heterocycles. The van der Waals surface area contributed by atoms with Gasteiger partial charge in [-0.25, -0.2) is 9.78 Å². The SMILES string of the molecule is CC(C)NC(=O)Nc1ccc(N2CCCN(C(=O)c3ccc4c(c3)OCO4)CC2)nc1. The molecule has 31 heavy (non-hydrogen) atoms. The van der Waals surface area contributed by atoms with Crippen LogP contribution in [0.15, 0.2) is 36.5 Å². The highest BCUT2D eigenvalue weighted by atomic mass is 16.7. The summed E-state index contributed by atoms with van der Waals surface area (Å²) >= 11 is 0. The van der Waals surface area contributed by atoms with E-state index in [0.717, 1.165) is 18.8 Å². The number of nitrogens with zero attached hydrogens (tertiary/aromatic N) is 3. The molecule has 2 N–H and O–H groups in total. The van der Waals surface area contributed by atoms with Crippen LogP contribution in [0.1, 0.15) is 30.6 Å². The minimum atomic E-state index is -0.253. The highest BCUT2D eigenvalue weighted by Gasteiger charge is 2.23. The predicted molar refractivity (Wildman–Crippen MR) is 117 cm³/mol. The molecule has 0 aliphatic carbocycles. The fraction of sp³-hybridized carbons (Fsp3) is 0.409.